The van der Waals surface area contributed by atoms with Crippen LogP contribution in [0.15, 0.2) is 43.5 Å². The number of allylic oxidation sites excluding steroid dienone is 4. The van der Waals surface area contributed by atoms with Crippen LogP contribution in [0.4, 0.5) is 0 Å². The second-order valence-electron chi connectivity index (χ2n) is 4.42. The molecule has 0 amide bonds. The first kappa shape index (κ1) is 18.4. The molecule has 0 aliphatic rings. The molecule has 1 heterocycles. The Morgan fingerprint density at radius 1 is 1.04 bits per heavy atom. The van der Waals surface area contributed by atoms with E-state index in [9.17, 15) is 0 Å². The molecule has 2 rings (SSSR count). The number of nitrogens with zero attached hydrogens (tertiary/aromatic N) is 2. The van der Waals surface area contributed by atoms with Crippen LogP contribution in [0.1, 0.15) is 25.4 Å². The van der Waals surface area contributed by atoms with Crippen molar-refractivity contribution in [2.45, 2.75) is 20.8 Å². The maximum absolute atomic E-state index is 5.32. The van der Waals surface area contributed by atoms with Gasteiger partial charge in [0, 0.05) is 22.7 Å². The number of aromatic nitrogens is 2. The van der Waals surface area contributed by atoms with Gasteiger partial charge in [0.15, 0.2) is 17.3 Å². The summed E-state index contributed by atoms with van der Waals surface area (Å²) in [5, 5.41) is 0.929. The van der Waals surface area contributed by atoms with Gasteiger partial charge in [0.1, 0.15) is 0 Å². The van der Waals surface area contributed by atoms with Crippen molar-refractivity contribution in [3.63, 3.8) is 0 Å². The van der Waals surface area contributed by atoms with Gasteiger partial charge in [-0.15, -0.1) is 0 Å². The van der Waals surface area contributed by atoms with E-state index in [1.165, 1.54) is 0 Å². The van der Waals surface area contributed by atoms with E-state index in [0.717, 1.165) is 22.2 Å². The van der Waals surface area contributed by atoms with Gasteiger partial charge in [-0.05, 0) is 13.0 Å². The Bertz CT molecular complexity index is 734. The van der Waals surface area contributed by atoms with E-state index in [0.29, 0.717) is 17.3 Å². The molecule has 0 saturated heterocycles. The third kappa shape index (κ3) is 3.97. The summed E-state index contributed by atoms with van der Waals surface area (Å²) in [4.78, 5) is 9.10. The molecule has 122 valence electrons. The van der Waals surface area contributed by atoms with E-state index >= 15 is 0 Å². The van der Waals surface area contributed by atoms with Crippen molar-refractivity contribution in [2.75, 3.05) is 14.2 Å². The number of rotatable bonds is 5. The van der Waals surface area contributed by atoms with E-state index in [1.54, 1.807) is 26.4 Å². The number of methoxy groups -OCH3 is 2. The molecule has 0 aliphatic carbocycles. The SMILES string of the molecule is C=C/C=C(\C=C)c1nc(C)c2cc(OC)c(OC)cc2n1.CC. The summed E-state index contributed by atoms with van der Waals surface area (Å²) in [6, 6.07) is 3.74. The molecule has 0 unspecified atom stereocenters. The molecule has 23 heavy (non-hydrogen) atoms. The first-order valence-corrected chi connectivity index (χ1v) is 7.50. The van der Waals surface area contributed by atoms with Crippen molar-refractivity contribution in [1.82, 2.24) is 9.97 Å². The van der Waals surface area contributed by atoms with Crippen molar-refractivity contribution in [3.05, 3.63) is 55.0 Å². The zero-order chi connectivity index (χ0) is 17.4. The van der Waals surface area contributed by atoms with E-state index in [1.807, 2.05) is 39.0 Å². The standard InChI is InChI=1S/C17H18N2O2.C2H6/c1-6-8-12(7-2)17-18-11(3)13-9-15(20-4)16(21-5)10-14(13)19-17;1-2/h6-10H,1-2H2,3-5H3;1-2H3/b12-8+;. The normalized spacial score (nSPS) is 10.6. The number of ether oxygens (including phenoxy) is 2. The quantitative estimate of drug-likeness (QED) is 0.748. The Morgan fingerprint density at radius 3 is 2.17 bits per heavy atom. The molecule has 0 spiro atoms. The van der Waals surface area contributed by atoms with Gasteiger partial charge >= 0.3 is 0 Å². The highest BCUT2D eigenvalue weighted by Crippen LogP contribution is 2.32. The lowest BCUT2D eigenvalue weighted by atomic mass is 10.1. The maximum Gasteiger partial charge on any atom is 0.162 e. The van der Waals surface area contributed by atoms with Crippen molar-refractivity contribution in [3.8, 4) is 11.5 Å². The van der Waals surface area contributed by atoms with Crippen molar-refractivity contribution < 1.29 is 9.47 Å². The predicted octanol–water partition coefficient (Wildman–Crippen LogP) is 4.74. The minimum absolute atomic E-state index is 0.613. The molecule has 1 aromatic carbocycles. The molecular formula is C19H24N2O2. The first-order chi connectivity index (χ1) is 11.1. The summed E-state index contributed by atoms with van der Waals surface area (Å²) in [6.45, 7) is 13.4. The average Bonchev–Trinajstić information content (AvgIpc) is 2.60. The molecule has 4 heteroatoms. The lowest BCUT2D eigenvalue weighted by Gasteiger charge is -2.11. The number of hydrogen-bond donors (Lipinski definition) is 0. The van der Waals surface area contributed by atoms with Crippen molar-refractivity contribution in [2.24, 2.45) is 0 Å². The van der Waals surface area contributed by atoms with Crippen LogP contribution in [0.5, 0.6) is 11.5 Å². The molecule has 0 atom stereocenters. The molecule has 0 bridgehead atoms. The number of hydrogen-bond acceptors (Lipinski definition) is 4. The zero-order valence-electron chi connectivity index (χ0n) is 14.5. The molecule has 0 saturated carbocycles. The number of aryl methyl sites for hydroxylation is 1. The van der Waals surface area contributed by atoms with Crippen molar-refractivity contribution >= 4 is 16.5 Å². The molecular weight excluding hydrogens is 288 g/mol. The summed E-state index contributed by atoms with van der Waals surface area (Å²) in [5.41, 5.74) is 2.49. The minimum Gasteiger partial charge on any atom is -0.493 e. The second kappa shape index (κ2) is 8.73. The molecule has 2 aromatic rings. The second-order valence-corrected chi connectivity index (χ2v) is 4.42. The predicted molar refractivity (Wildman–Crippen MR) is 97.1 cm³/mol. The fourth-order valence-electron chi connectivity index (χ4n) is 2.10. The third-order valence-electron chi connectivity index (χ3n) is 3.17. The van der Waals surface area contributed by atoms with E-state index < -0.39 is 0 Å². The smallest absolute Gasteiger partial charge is 0.162 e. The fraction of sp³-hybridized carbons (Fsp3) is 0.263. The van der Waals surface area contributed by atoms with Crippen LogP contribution in [0, 0.1) is 6.92 Å². The molecule has 0 fully saturated rings. The summed E-state index contributed by atoms with van der Waals surface area (Å²) in [6.07, 6.45) is 5.23. The van der Waals surface area contributed by atoms with Crippen LogP contribution in [-0.2, 0) is 0 Å². The van der Waals surface area contributed by atoms with E-state index in [-0.39, 0.29) is 0 Å². The lowest BCUT2D eigenvalue weighted by molar-refractivity contribution is 0.355. The van der Waals surface area contributed by atoms with Crippen LogP contribution in [0.2, 0.25) is 0 Å². The van der Waals surface area contributed by atoms with Gasteiger partial charge < -0.3 is 9.47 Å². The monoisotopic (exact) mass is 312 g/mol. The van der Waals surface area contributed by atoms with Gasteiger partial charge in [0.05, 0.1) is 19.7 Å². The fourth-order valence-corrected chi connectivity index (χ4v) is 2.10. The highest BCUT2D eigenvalue weighted by atomic mass is 16.5. The molecule has 0 radical (unpaired) electrons. The van der Waals surface area contributed by atoms with Crippen LogP contribution in [0.25, 0.3) is 16.5 Å². The van der Waals surface area contributed by atoms with Crippen LogP contribution in [0.3, 0.4) is 0 Å². The van der Waals surface area contributed by atoms with Crippen LogP contribution < -0.4 is 9.47 Å². The van der Waals surface area contributed by atoms with Gasteiger partial charge in [0.2, 0.25) is 0 Å². The third-order valence-corrected chi connectivity index (χ3v) is 3.17. The van der Waals surface area contributed by atoms with Crippen LogP contribution >= 0.6 is 0 Å². The Kier molecular flexibility index (Phi) is 7.00. The Balaban J connectivity index is 0.00000127. The Hall–Kier alpha value is -2.62. The minimum atomic E-state index is 0.613. The molecule has 0 N–H and O–H groups in total. The summed E-state index contributed by atoms with van der Waals surface area (Å²) < 4.78 is 10.6. The maximum atomic E-state index is 5.32. The molecule has 1 aromatic heterocycles. The Labute approximate surface area is 138 Å². The average molecular weight is 312 g/mol. The van der Waals surface area contributed by atoms with E-state index in [4.69, 9.17) is 9.47 Å². The van der Waals surface area contributed by atoms with E-state index in [2.05, 4.69) is 23.1 Å². The first-order valence-electron chi connectivity index (χ1n) is 7.50. The highest BCUT2D eigenvalue weighted by Gasteiger charge is 2.12. The summed E-state index contributed by atoms with van der Waals surface area (Å²) in [5.74, 6) is 1.92. The largest absolute Gasteiger partial charge is 0.493 e. The van der Waals surface area contributed by atoms with Crippen molar-refractivity contribution in [1.29, 1.82) is 0 Å². The van der Waals surface area contributed by atoms with Crippen LogP contribution in [-0.4, -0.2) is 24.2 Å². The van der Waals surface area contributed by atoms with Gasteiger partial charge in [-0.3, -0.25) is 0 Å². The van der Waals surface area contributed by atoms with Gasteiger partial charge in [-0.25, -0.2) is 9.97 Å². The zero-order valence-corrected chi connectivity index (χ0v) is 14.5. The summed E-state index contributed by atoms with van der Waals surface area (Å²) >= 11 is 0. The topological polar surface area (TPSA) is 44.2 Å². The molecule has 4 nitrogen and oxygen atoms in total. The van der Waals surface area contributed by atoms with Gasteiger partial charge in [-0.1, -0.05) is 45.2 Å². The summed E-state index contributed by atoms with van der Waals surface area (Å²) in [7, 11) is 3.21. The lowest BCUT2D eigenvalue weighted by Crippen LogP contribution is -1.99. The highest BCUT2D eigenvalue weighted by molar-refractivity contribution is 5.86. The van der Waals surface area contributed by atoms with Gasteiger partial charge in [-0.2, -0.15) is 0 Å². The molecule has 0 aliphatic heterocycles. The van der Waals surface area contributed by atoms with Gasteiger partial charge in [0.25, 0.3) is 0 Å². The number of benzene rings is 1. The Morgan fingerprint density at radius 2 is 1.65 bits per heavy atom. The number of fused-ring (bicyclic) bond motifs is 1.